The van der Waals surface area contributed by atoms with Crippen molar-refractivity contribution in [1.82, 2.24) is 15.0 Å². The second-order valence-electron chi connectivity index (χ2n) is 8.61. The van der Waals surface area contributed by atoms with Crippen molar-refractivity contribution in [2.24, 2.45) is 0 Å². The number of ether oxygens (including phenoxy) is 2. The van der Waals surface area contributed by atoms with Gasteiger partial charge in [-0.05, 0) is 37.6 Å². The summed E-state index contributed by atoms with van der Waals surface area (Å²) in [5.74, 6) is 3.38. The van der Waals surface area contributed by atoms with E-state index in [0.29, 0.717) is 24.8 Å². The molecular formula is C26H31ClN6O2. The van der Waals surface area contributed by atoms with Crippen molar-refractivity contribution in [2.75, 3.05) is 73.8 Å². The van der Waals surface area contributed by atoms with Crippen molar-refractivity contribution in [3.05, 3.63) is 53.7 Å². The summed E-state index contributed by atoms with van der Waals surface area (Å²) in [5.41, 5.74) is 1.91. The van der Waals surface area contributed by atoms with Crippen LogP contribution in [0.2, 0.25) is 5.02 Å². The molecule has 4 heterocycles. The van der Waals surface area contributed by atoms with Gasteiger partial charge in [-0.2, -0.15) is 4.98 Å². The standard InChI is InChI=1S/C26H31ClN6O2/c1-2-35-21-7-3-6-20(18-21)23-19-24(30-26(29-23)33-14-16-34-17-15-33)31-10-5-11-32(13-12-31)25-22(27)8-4-9-28-25/h3-4,6-9,18-19H,2,5,10-17H2,1H3. The highest BCUT2D eigenvalue weighted by molar-refractivity contribution is 6.32. The van der Waals surface area contributed by atoms with E-state index in [4.69, 9.17) is 31.0 Å². The van der Waals surface area contributed by atoms with Crippen LogP contribution in [-0.4, -0.2) is 74.0 Å². The van der Waals surface area contributed by atoms with Crippen LogP contribution in [-0.2, 0) is 4.74 Å². The van der Waals surface area contributed by atoms with Gasteiger partial charge in [-0.3, -0.25) is 0 Å². The Balaban J connectivity index is 1.45. The molecule has 184 valence electrons. The van der Waals surface area contributed by atoms with Crippen LogP contribution in [0.15, 0.2) is 48.7 Å². The molecule has 0 aliphatic carbocycles. The molecule has 9 heteroatoms. The number of pyridine rings is 1. The van der Waals surface area contributed by atoms with Crippen LogP contribution in [0.5, 0.6) is 5.75 Å². The Morgan fingerprint density at radius 2 is 1.74 bits per heavy atom. The maximum atomic E-state index is 6.43. The zero-order valence-electron chi connectivity index (χ0n) is 20.1. The highest BCUT2D eigenvalue weighted by Gasteiger charge is 2.22. The Hall–Kier alpha value is -3.10. The fourth-order valence-corrected chi connectivity index (χ4v) is 4.76. The fraction of sp³-hybridized carbons (Fsp3) is 0.423. The van der Waals surface area contributed by atoms with E-state index in [2.05, 4.69) is 31.8 Å². The third kappa shape index (κ3) is 5.60. The molecule has 0 spiro atoms. The van der Waals surface area contributed by atoms with Crippen molar-refractivity contribution >= 4 is 29.2 Å². The number of rotatable bonds is 6. The van der Waals surface area contributed by atoms with Gasteiger partial charge in [0.15, 0.2) is 0 Å². The van der Waals surface area contributed by atoms with Gasteiger partial charge in [0.1, 0.15) is 17.4 Å². The fourth-order valence-electron chi connectivity index (χ4n) is 4.52. The smallest absolute Gasteiger partial charge is 0.228 e. The first-order valence-corrected chi connectivity index (χ1v) is 12.6. The number of hydrogen-bond donors (Lipinski definition) is 0. The van der Waals surface area contributed by atoms with E-state index in [1.807, 2.05) is 37.3 Å². The Morgan fingerprint density at radius 1 is 0.914 bits per heavy atom. The Bertz CT molecular complexity index is 1140. The van der Waals surface area contributed by atoms with Crippen molar-refractivity contribution in [3.8, 4) is 17.0 Å². The molecule has 0 saturated carbocycles. The summed E-state index contributed by atoms with van der Waals surface area (Å²) in [5, 5.41) is 0.689. The van der Waals surface area contributed by atoms with E-state index in [1.165, 1.54) is 0 Å². The molecule has 2 saturated heterocycles. The van der Waals surface area contributed by atoms with Crippen LogP contribution in [0.25, 0.3) is 11.3 Å². The topological polar surface area (TPSA) is 66.9 Å². The molecule has 35 heavy (non-hydrogen) atoms. The monoisotopic (exact) mass is 494 g/mol. The molecule has 2 aliphatic heterocycles. The molecule has 0 atom stereocenters. The minimum absolute atomic E-state index is 0.627. The average molecular weight is 495 g/mol. The Morgan fingerprint density at radius 3 is 2.57 bits per heavy atom. The van der Waals surface area contributed by atoms with Crippen LogP contribution < -0.4 is 19.4 Å². The molecule has 0 bridgehead atoms. The lowest BCUT2D eigenvalue weighted by Gasteiger charge is -2.29. The summed E-state index contributed by atoms with van der Waals surface area (Å²) in [7, 11) is 0. The van der Waals surface area contributed by atoms with Gasteiger partial charge in [0.25, 0.3) is 0 Å². The predicted molar refractivity (Wildman–Crippen MR) is 140 cm³/mol. The Kier molecular flexibility index (Phi) is 7.49. The molecule has 2 fully saturated rings. The second kappa shape index (κ2) is 11.1. The third-order valence-corrected chi connectivity index (χ3v) is 6.59. The summed E-state index contributed by atoms with van der Waals surface area (Å²) in [6.45, 7) is 9.01. The summed E-state index contributed by atoms with van der Waals surface area (Å²) < 4.78 is 11.3. The van der Waals surface area contributed by atoms with Crippen molar-refractivity contribution < 1.29 is 9.47 Å². The average Bonchev–Trinajstić information content (AvgIpc) is 3.16. The number of morpholine rings is 1. The number of nitrogens with zero attached hydrogens (tertiary/aromatic N) is 6. The Labute approximate surface area is 211 Å². The summed E-state index contributed by atoms with van der Waals surface area (Å²) in [6.07, 6.45) is 2.78. The molecule has 5 rings (SSSR count). The lowest BCUT2D eigenvalue weighted by molar-refractivity contribution is 0.122. The molecule has 0 radical (unpaired) electrons. The van der Waals surface area contributed by atoms with Gasteiger partial charge >= 0.3 is 0 Å². The second-order valence-corrected chi connectivity index (χ2v) is 9.02. The summed E-state index contributed by atoms with van der Waals surface area (Å²) in [4.78, 5) is 21.3. The van der Waals surface area contributed by atoms with Crippen LogP contribution in [0.3, 0.4) is 0 Å². The molecule has 3 aromatic rings. The van der Waals surface area contributed by atoms with Crippen molar-refractivity contribution in [3.63, 3.8) is 0 Å². The van der Waals surface area contributed by atoms with Gasteiger partial charge in [-0.15, -0.1) is 0 Å². The van der Waals surface area contributed by atoms with Crippen LogP contribution in [0.1, 0.15) is 13.3 Å². The van der Waals surface area contributed by atoms with E-state index < -0.39 is 0 Å². The molecule has 0 amide bonds. The van der Waals surface area contributed by atoms with Crippen LogP contribution in [0.4, 0.5) is 17.6 Å². The van der Waals surface area contributed by atoms with Gasteiger partial charge in [-0.1, -0.05) is 23.7 Å². The highest BCUT2D eigenvalue weighted by atomic mass is 35.5. The van der Waals surface area contributed by atoms with Gasteiger partial charge in [-0.25, -0.2) is 9.97 Å². The number of halogens is 1. The van der Waals surface area contributed by atoms with Gasteiger partial charge < -0.3 is 24.2 Å². The number of anilines is 3. The molecule has 2 aliphatic rings. The maximum Gasteiger partial charge on any atom is 0.228 e. The maximum absolute atomic E-state index is 6.43. The van der Waals surface area contributed by atoms with Gasteiger partial charge in [0.05, 0.1) is 30.5 Å². The minimum Gasteiger partial charge on any atom is -0.494 e. The van der Waals surface area contributed by atoms with E-state index in [0.717, 1.165) is 80.3 Å². The largest absolute Gasteiger partial charge is 0.494 e. The zero-order valence-corrected chi connectivity index (χ0v) is 20.8. The number of benzene rings is 1. The van der Waals surface area contributed by atoms with E-state index >= 15 is 0 Å². The third-order valence-electron chi connectivity index (χ3n) is 6.29. The lowest BCUT2D eigenvalue weighted by Crippen LogP contribution is -2.38. The van der Waals surface area contributed by atoms with E-state index in [1.54, 1.807) is 6.20 Å². The minimum atomic E-state index is 0.627. The first kappa shape index (κ1) is 23.6. The molecule has 0 unspecified atom stereocenters. The van der Waals surface area contributed by atoms with E-state index in [9.17, 15) is 0 Å². The molecular weight excluding hydrogens is 464 g/mol. The van der Waals surface area contributed by atoms with Crippen molar-refractivity contribution in [1.29, 1.82) is 0 Å². The molecule has 0 N–H and O–H groups in total. The predicted octanol–water partition coefficient (Wildman–Crippen LogP) is 4.14. The zero-order chi connectivity index (χ0) is 24.0. The highest BCUT2D eigenvalue weighted by Crippen LogP contribution is 2.29. The SMILES string of the molecule is CCOc1cccc(-c2cc(N3CCCN(c4ncccc4Cl)CC3)nc(N3CCOCC3)n2)c1. The normalized spacial score (nSPS) is 16.8. The molecule has 2 aromatic heterocycles. The first-order valence-electron chi connectivity index (χ1n) is 12.3. The van der Waals surface area contributed by atoms with Crippen LogP contribution in [0, 0.1) is 0 Å². The first-order chi connectivity index (χ1) is 17.2. The van der Waals surface area contributed by atoms with Crippen LogP contribution >= 0.6 is 11.6 Å². The molecule has 1 aromatic carbocycles. The lowest BCUT2D eigenvalue weighted by atomic mass is 10.1. The quantitative estimate of drug-likeness (QED) is 0.506. The molecule has 8 nitrogen and oxygen atoms in total. The van der Waals surface area contributed by atoms with E-state index in [-0.39, 0.29) is 0 Å². The summed E-state index contributed by atoms with van der Waals surface area (Å²) >= 11 is 6.43. The van der Waals surface area contributed by atoms with Gasteiger partial charge in [0, 0.05) is 57.1 Å². The number of aromatic nitrogens is 3. The van der Waals surface area contributed by atoms with Gasteiger partial charge in [0.2, 0.25) is 5.95 Å². The number of hydrogen-bond acceptors (Lipinski definition) is 8. The van der Waals surface area contributed by atoms with Crippen molar-refractivity contribution in [2.45, 2.75) is 13.3 Å². The summed E-state index contributed by atoms with van der Waals surface area (Å²) in [6, 6.07) is 14.0.